The van der Waals surface area contributed by atoms with Crippen LogP contribution in [-0.4, -0.2) is 19.7 Å². The van der Waals surface area contributed by atoms with Crippen LogP contribution in [0.25, 0.3) is 0 Å². The summed E-state index contributed by atoms with van der Waals surface area (Å²) >= 11 is 0. The van der Waals surface area contributed by atoms with Crippen LogP contribution in [-0.2, 0) is 4.74 Å². The van der Waals surface area contributed by atoms with E-state index >= 15 is 0 Å². The van der Waals surface area contributed by atoms with E-state index in [-0.39, 0.29) is 12.7 Å². The average molecular weight is 221 g/mol. The molecule has 1 saturated carbocycles. The van der Waals surface area contributed by atoms with Crippen molar-refractivity contribution in [2.24, 2.45) is 5.92 Å². The van der Waals surface area contributed by atoms with E-state index in [1.807, 2.05) is 6.92 Å². The fraction of sp³-hybridized carbons (Fsp3) is 0.800. The second kappa shape index (κ2) is 5.06. The summed E-state index contributed by atoms with van der Waals surface area (Å²) in [7, 11) is 0. The summed E-state index contributed by atoms with van der Waals surface area (Å²) in [5.74, 6) is 0.368. The Morgan fingerprint density at radius 2 is 1.93 bits per heavy atom. The maximum absolute atomic E-state index is 12.2. The van der Waals surface area contributed by atoms with Crippen LogP contribution >= 0.6 is 0 Å². The SMILES string of the molecule is C=C(COC1CCCCC1C)[B-](F)(F)F. The first-order valence-electron chi connectivity index (χ1n) is 5.40. The predicted molar refractivity (Wildman–Crippen MR) is 55.6 cm³/mol. The Kier molecular flexibility index (Phi) is 4.26. The van der Waals surface area contributed by atoms with Crippen LogP contribution < -0.4 is 0 Å². The lowest BCUT2D eigenvalue weighted by Gasteiger charge is -2.30. The molecule has 1 aliphatic rings. The first kappa shape index (κ1) is 12.6. The lowest BCUT2D eigenvalue weighted by atomic mass is 9.81. The smallest absolute Gasteiger partial charge is 0.445 e. The number of hydrogen-bond donors (Lipinski definition) is 0. The first-order chi connectivity index (χ1) is 6.91. The van der Waals surface area contributed by atoms with E-state index in [9.17, 15) is 12.9 Å². The van der Waals surface area contributed by atoms with Crippen molar-refractivity contribution in [3.05, 3.63) is 12.1 Å². The molecule has 1 aliphatic carbocycles. The van der Waals surface area contributed by atoms with Gasteiger partial charge in [-0.05, 0) is 18.8 Å². The van der Waals surface area contributed by atoms with Gasteiger partial charge in [0, 0.05) is 6.61 Å². The van der Waals surface area contributed by atoms with Gasteiger partial charge in [-0.2, -0.15) is 0 Å². The van der Waals surface area contributed by atoms with Crippen molar-refractivity contribution in [1.29, 1.82) is 0 Å². The second-order valence-electron chi connectivity index (χ2n) is 4.34. The molecule has 0 bridgehead atoms. The molecule has 5 heteroatoms. The Balaban J connectivity index is 2.33. The quantitative estimate of drug-likeness (QED) is 0.660. The van der Waals surface area contributed by atoms with Gasteiger partial charge in [0.25, 0.3) is 0 Å². The molecule has 0 N–H and O–H groups in total. The Morgan fingerprint density at radius 1 is 1.33 bits per heavy atom. The van der Waals surface area contributed by atoms with Gasteiger partial charge >= 0.3 is 6.98 Å². The molecule has 1 rings (SSSR count). The van der Waals surface area contributed by atoms with Crippen molar-refractivity contribution in [2.45, 2.75) is 38.7 Å². The van der Waals surface area contributed by atoms with Crippen LogP contribution in [0.2, 0.25) is 0 Å². The lowest BCUT2D eigenvalue weighted by molar-refractivity contribution is 0.00788. The minimum atomic E-state index is -4.94. The summed E-state index contributed by atoms with van der Waals surface area (Å²) in [5.41, 5.74) is -0.729. The summed E-state index contributed by atoms with van der Waals surface area (Å²) in [5, 5.41) is 0. The molecule has 1 nitrogen and oxygen atoms in total. The van der Waals surface area contributed by atoms with E-state index in [2.05, 4.69) is 6.58 Å². The fourth-order valence-corrected chi connectivity index (χ4v) is 1.84. The number of rotatable bonds is 4. The molecule has 1 fully saturated rings. The highest BCUT2D eigenvalue weighted by Gasteiger charge is 2.28. The van der Waals surface area contributed by atoms with Crippen molar-refractivity contribution in [2.75, 3.05) is 6.61 Å². The van der Waals surface area contributed by atoms with Crippen molar-refractivity contribution in [3.63, 3.8) is 0 Å². The molecule has 0 spiro atoms. The zero-order valence-electron chi connectivity index (χ0n) is 9.02. The van der Waals surface area contributed by atoms with Crippen LogP contribution in [0.15, 0.2) is 12.1 Å². The first-order valence-corrected chi connectivity index (χ1v) is 5.40. The van der Waals surface area contributed by atoms with Gasteiger partial charge in [-0.25, -0.2) is 0 Å². The van der Waals surface area contributed by atoms with Crippen molar-refractivity contribution >= 4 is 6.98 Å². The molecular weight excluding hydrogens is 204 g/mol. The highest BCUT2D eigenvalue weighted by atomic mass is 19.4. The van der Waals surface area contributed by atoms with Crippen molar-refractivity contribution in [3.8, 4) is 0 Å². The summed E-state index contributed by atoms with van der Waals surface area (Å²) in [6.45, 7) is -0.252. The maximum atomic E-state index is 12.2. The lowest BCUT2D eigenvalue weighted by Crippen LogP contribution is -2.29. The molecule has 0 amide bonds. The third-order valence-electron chi connectivity index (χ3n) is 2.98. The standard InChI is InChI=1S/C10H17BF3O/c1-8-5-3-4-6-10(8)15-7-9(2)11(12,13)14/h8,10H,2-7H2,1H3/q-1. The molecule has 2 atom stereocenters. The third kappa shape index (κ3) is 3.90. The topological polar surface area (TPSA) is 9.23 Å². The van der Waals surface area contributed by atoms with Gasteiger partial charge in [0.2, 0.25) is 0 Å². The Morgan fingerprint density at radius 3 is 2.47 bits per heavy atom. The van der Waals surface area contributed by atoms with Crippen LogP contribution in [0.5, 0.6) is 0 Å². The molecule has 0 aromatic carbocycles. The Labute approximate surface area is 88.7 Å². The highest BCUT2D eigenvalue weighted by molar-refractivity contribution is 6.66. The van der Waals surface area contributed by atoms with Gasteiger partial charge in [0.15, 0.2) is 0 Å². The molecule has 0 saturated heterocycles. The molecular formula is C10H17BF3O-. The van der Waals surface area contributed by atoms with Gasteiger partial charge < -0.3 is 17.7 Å². The molecule has 0 aliphatic heterocycles. The molecule has 0 aromatic heterocycles. The van der Waals surface area contributed by atoms with E-state index in [0.717, 1.165) is 25.7 Å². The predicted octanol–water partition coefficient (Wildman–Crippen LogP) is 3.52. The van der Waals surface area contributed by atoms with Crippen LogP contribution in [0.3, 0.4) is 0 Å². The minimum absolute atomic E-state index is 0.0198. The summed E-state index contributed by atoms with van der Waals surface area (Å²) < 4.78 is 41.8. The monoisotopic (exact) mass is 221 g/mol. The molecule has 2 unspecified atom stereocenters. The summed E-state index contributed by atoms with van der Waals surface area (Å²) in [6, 6.07) is 0. The van der Waals surface area contributed by atoms with Gasteiger partial charge in [-0.1, -0.05) is 19.8 Å². The van der Waals surface area contributed by atoms with E-state index in [0.29, 0.717) is 5.92 Å². The highest BCUT2D eigenvalue weighted by Crippen LogP contribution is 2.27. The van der Waals surface area contributed by atoms with E-state index < -0.39 is 12.4 Å². The minimum Gasteiger partial charge on any atom is -0.445 e. The summed E-state index contributed by atoms with van der Waals surface area (Å²) in [4.78, 5) is 0. The number of hydrogen-bond acceptors (Lipinski definition) is 1. The van der Waals surface area contributed by atoms with Gasteiger partial charge in [-0.15, -0.1) is 12.1 Å². The number of ether oxygens (including phenoxy) is 1. The van der Waals surface area contributed by atoms with Gasteiger partial charge in [0.05, 0.1) is 6.10 Å². The van der Waals surface area contributed by atoms with Crippen LogP contribution in [0.4, 0.5) is 12.9 Å². The van der Waals surface area contributed by atoms with Gasteiger partial charge in [0.1, 0.15) is 0 Å². The molecule has 88 valence electrons. The average Bonchev–Trinajstić information content (AvgIpc) is 2.14. The van der Waals surface area contributed by atoms with Crippen molar-refractivity contribution < 1.29 is 17.7 Å². The van der Waals surface area contributed by atoms with Crippen molar-refractivity contribution in [1.82, 2.24) is 0 Å². The molecule has 0 heterocycles. The number of halogens is 3. The normalized spacial score (nSPS) is 27.7. The largest absolute Gasteiger partial charge is 0.507 e. The fourth-order valence-electron chi connectivity index (χ4n) is 1.84. The van der Waals surface area contributed by atoms with E-state index in [1.54, 1.807) is 0 Å². The zero-order chi connectivity index (χ0) is 11.5. The van der Waals surface area contributed by atoms with Crippen LogP contribution in [0, 0.1) is 5.92 Å². The molecule has 15 heavy (non-hydrogen) atoms. The van der Waals surface area contributed by atoms with Gasteiger partial charge in [-0.3, -0.25) is 0 Å². The van der Waals surface area contributed by atoms with Crippen LogP contribution in [0.1, 0.15) is 32.6 Å². The Hall–Kier alpha value is -0.445. The van der Waals surface area contributed by atoms with E-state index in [4.69, 9.17) is 4.74 Å². The molecule has 0 radical (unpaired) electrons. The maximum Gasteiger partial charge on any atom is 0.507 e. The van der Waals surface area contributed by atoms with E-state index in [1.165, 1.54) is 0 Å². The zero-order valence-corrected chi connectivity index (χ0v) is 9.02. The molecule has 0 aromatic rings. The summed E-state index contributed by atoms with van der Waals surface area (Å²) in [6.07, 6.45) is 4.12. The third-order valence-corrected chi connectivity index (χ3v) is 2.98. The second-order valence-corrected chi connectivity index (χ2v) is 4.34. The Bertz CT molecular complexity index is 227.